The minimum atomic E-state index is -1.24. The molecular formula is C14H9ClFNO2. The number of aryl methyl sites for hydroxylation is 1. The smallest absolute Gasteiger partial charge is 0.188 e. The van der Waals surface area contributed by atoms with Crippen molar-refractivity contribution >= 4 is 17.4 Å². The summed E-state index contributed by atoms with van der Waals surface area (Å²) in [6.07, 6.45) is 1.35. The molecule has 0 saturated heterocycles. The number of furan rings is 1. The molecule has 1 heterocycles. The first-order valence-electron chi connectivity index (χ1n) is 5.48. The van der Waals surface area contributed by atoms with Crippen LogP contribution in [-0.2, 0) is 0 Å². The first-order valence-corrected chi connectivity index (χ1v) is 5.86. The molecule has 96 valence electrons. The molecule has 2 rings (SSSR count). The molecule has 0 aliphatic rings. The van der Waals surface area contributed by atoms with Crippen molar-refractivity contribution in [1.29, 1.82) is 5.26 Å². The molecule has 0 N–H and O–H groups in total. The van der Waals surface area contributed by atoms with Gasteiger partial charge in [0.25, 0.3) is 0 Å². The number of hydrogen-bond acceptors (Lipinski definition) is 3. The first kappa shape index (κ1) is 13.3. The molecule has 0 bridgehead atoms. The highest BCUT2D eigenvalue weighted by Crippen LogP contribution is 2.28. The molecule has 0 radical (unpaired) electrons. The number of Topliss-reactive ketones (excluding diaryl/α,β-unsaturated/α-hetero) is 1. The molecule has 0 aliphatic heterocycles. The second kappa shape index (κ2) is 5.25. The number of benzene rings is 1. The maximum absolute atomic E-state index is 13.9. The largest absolute Gasteiger partial charge is 0.469 e. The van der Waals surface area contributed by atoms with Gasteiger partial charge in [0.2, 0.25) is 0 Å². The number of carbonyl (C=O) groups is 1. The van der Waals surface area contributed by atoms with Crippen molar-refractivity contribution in [1.82, 2.24) is 0 Å². The van der Waals surface area contributed by atoms with Gasteiger partial charge in [-0.2, -0.15) is 5.26 Å². The molecule has 1 atom stereocenters. The van der Waals surface area contributed by atoms with Crippen LogP contribution in [0, 0.1) is 24.1 Å². The fourth-order valence-electron chi connectivity index (χ4n) is 1.81. The summed E-state index contributed by atoms with van der Waals surface area (Å²) >= 11 is 5.66. The summed E-state index contributed by atoms with van der Waals surface area (Å²) < 4.78 is 18.9. The molecule has 19 heavy (non-hydrogen) atoms. The van der Waals surface area contributed by atoms with E-state index >= 15 is 0 Å². The molecule has 1 unspecified atom stereocenters. The average molecular weight is 278 g/mol. The van der Waals surface area contributed by atoms with E-state index in [2.05, 4.69) is 0 Å². The van der Waals surface area contributed by atoms with Crippen molar-refractivity contribution in [2.75, 3.05) is 0 Å². The zero-order valence-electron chi connectivity index (χ0n) is 9.98. The third-order valence-corrected chi connectivity index (χ3v) is 3.10. The Balaban J connectivity index is 2.47. The minimum Gasteiger partial charge on any atom is -0.469 e. The fourth-order valence-corrected chi connectivity index (χ4v) is 1.99. The van der Waals surface area contributed by atoms with Gasteiger partial charge in [-0.1, -0.05) is 23.7 Å². The van der Waals surface area contributed by atoms with Gasteiger partial charge in [-0.05, 0) is 19.1 Å². The summed E-state index contributed by atoms with van der Waals surface area (Å²) in [7, 11) is 0. The summed E-state index contributed by atoms with van der Waals surface area (Å²) in [6.45, 7) is 1.61. The molecular weight excluding hydrogens is 269 g/mol. The molecule has 0 fully saturated rings. The summed E-state index contributed by atoms with van der Waals surface area (Å²) in [4.78, 5) is 12.2. The predicted octanol–water partition coefficient (Wildman–Crippen LogP) is 3.87. The lowest BCUT2D eigenvalue weighted by Gasteiger charge is -2.09. The highest BCUT2D eigenvalue weighted by Gasteiger charge is 2.27. The molecule has 0 saturated carbocycles. The number of ketones is 1. The van der Waals surface area contributed by atoms with E-state index in [1.54, 1.807) is 6.92 Å². The monoisotopic (exact) mass is 277 g/mol. The van der Waals surface area contributed by atoms with Crippen LogP contribution in [0.25, 0.3) is 0 Å². The van der Waals surface area contributed by atoms with Gasteiger partial charge in [0, 0.05) is 5.56 Å². The SMILES string of the molecule is Cc1occc1C(=O)C(C#N)c1cccc(Cl)c1F. The van der Waals surface area contributed by atoms with Gasteiger partial charge in [0.15, 0.2) is 5.78 Å². The minimum absolute atomic E-state index is 0.0272. The first-order chi connectivity index (χ1) is 9.06. The van der Waals surface area contributed by atoms with Crippen LogP contribution in [0.2, 0.25) is 5.02 Å². The second-order valence-corrected chi connectivity index (χ2v) is 4.37. The summed E-state index contributed by atoms with van der Waals surface area (Å²) in [5, 5.41) is 9.03. The van der Waals surface area contributed by atoms with E-state index in [4.69, 9.17) is 21.3 Å². The number of nitrogens with zero attached hydrogens (tertiary/aromatic N) is 1. The lowest BCUT2D eigenvalue weighted by molar-refractivity contribution is 0.0976. The van der Waals surface area contributed by atoms with Crippen molar-refractivity contribution in [2.45, 2.75) is 12.8 Å². The standard InChI is InChI=1S/C14H9ClFNO2/c1-8-9(5-6-19-8)14(18)11(7-17)10-3-2-4-12(15)13(10)16/h2-6,11H,1H3. The molecule has 0 aliphatic carbocycles. The van der Waals surface area contributed by atoms with Gasteiger partial charge in [-0.15, -0.1) is 0 Å². The lowest BCUT2D eigenvalue weighted by atomic mass is 9.91. The summed E-state index contributed by atoms with van der Waals surface area (Å²) in [6, 6.07) is 7.52. The Labute approximate surface area is 114 Å². The van der Waals surface area contributed by atoms with Gasteiger partial charge in [0.05, 0.1) is 22.9 Å². The van der Waals surface area contributed by atoms with Crippen molar-refractivity contribution < 1.29 is 13.6 Å². The van der Waals surface area contributed by atoms with Crippen LogP contribution in [0.5, 0.6) is 0 Å². The van der Waals surface area contributed by atoms with Crippen molar-refractivity contribution in [2.24, 2.45) is 0 Å². The van der Waals surface area contributed by atoms with E-state index in [9.17, 15) is 9.18 Å². The van der Waals surface area contributed by atoms with Gasteiger partial charge < -0.3 is 4.42 Å². The van der Waals surface area contributed by atoms with Crippen LogP contribution in [0.3, 0.4) is 0 Å². The molecule has 0 spiro atoms. The Morgan fingerprint density at radius 1 is 1.47 bits per heavy atom. The van der Waals surface area contributed by atoms with E-state index in [0.29, 0.717) is 5.76 Å². The lowest BCUT2D eigenvalue weighted by Crippen LogP contribution is -2.13. The van der Waals surface area contributed by atoms with E-state index in [1.807, 2.05) is 6.07 Å². The Hall–Kier alpha value is -2.12. The third kappa shape index (κ3) is 2.38. The van der Waals surface area contributed by atoms with Crippen molar-refractivity contribution in [3.63, 3.8) is 0 Å². The van der Waals surface area contributed by atoms with Gasteiger partial charge in [-0.25, -0.2) is 4.39 Å². The number of rotatable bonds is 3. The van der Waals surface area contributed by atoms with E-state index < -0.39 is 17.5 Å². The molecule has 2 aromatic rings. The molecule has 0 amide bonds. The Bertz CT molecular complexity index is 672. The van der Waals surface area contributed by atoms with Crippen LogP contribution in [0.15, 0.2) is 34.9 Å². The Kier molecular flexibility index (Phi) is 3.68. The fraction of sp³-hybridized carbons (Fsp3) is 0.143. The number of halogens is 2. The maximum Gasteiger partial charge on any atom is 0.188 e. The van der Waals surface area contributed by atoms with Crippen LogP contribution in [0.4, 0.5) is 4.39 Å². The molecule has 3 nitrogen and oxygen atoms in total. The number of hydrogen-bond donors (Lipinski definition) is 0. The van der Waals surface area contributed by atoms with E-state index in [0.717, 1.165) is 0 Å². The topological polar surface area (TPSA) is 54.0 Å². The third-order valence-electron chi connectivity index (χ3n) is 2.81. The molecule has 1 aromatic heterocycles. The second-order valence-electron chi connectivity index (χ2n) is 3.96. The van der Waals surface area contributed by atoms with Crippen molar-refractivity contribution in [3.8, 4) is 6.07 Å². The van der Waals surface area contributed by atoms with Crippen LogP contribution in [-0.4, -0.2) is 5.78 Å². The van der Waals surface area contributed by atoms with Gasteiger partial charge in [-0.3, -0.25) is 4.79 Å². The quantitative estimate of drug-likeness (QED) is 0.800. The number of carbonyl (C=O) groups excluding carboxylic acids is 1. The molecule has 5 heteroatoms. The Morgan fingerprint density at radius 3 is 2.79 bits per heavy atom. The number of nitriles is 1. The maximum atomic E-state index is 13.9. The van der Waals surface area contributed by atoms with Crippen molar-refractivity contribution in [3.05, 3.63) is 58.3 Å². The zero-order chi connectivity index (χ0) is 14.0. The average Bonchev–Trinajstić information content (AvgIpc) is 2.81. The zero-order valence-corrected chi connectivity index (χ0v) is 10.7. The van der Waals surface area contributed by atoms with Crippen LogP contribution >= 0.6 is 11.6 Å². The highest BCUT2D eigenvalue weighted by atomic mass is 35.5. The van der Waals surface area contributed by atoms with E-state index in [-0.39, 0.29) is 16.1 Å². The summed E-state index contributed by atoms with van der Waals surface area (Å²) in [5.74, 6) is -2.09. The van der Waals surface area contributed by atoms with E-state index in [1.165, 1.54) is 30.5 Å². The van der Waals surface area contributed by atoms with Gasteiger partial charge in [0.1, 0.15) is 17.5 Å². The highest BCUT2D eigenvalue weighted by molar-refractivity contribution is 6.30. The Morgan fingerprint density at radius 2 is 2.21 bits per heavy atom. The van der Waals surface area contributed by atoms with Crippen LogP contribution < -0.4 is 0 Å². The van der Waals surface area contributed by atoms with Gasteiger partial charge >= 0.3 is 0 Å². The van der Waals surface area contributed by atoms with Crippen LogP contribution in [0.1, 0.15) is 27.6 Å². The normalized spacial score (nSPS) is 11.9. The molecule has 1 aromatic carbocycles. The predicted molar refractivity (Wildman–Crippen MR) is 67.5 cm³/mol. The summed E-state index contributed by atoms with van der Waals surface area (Å²) in [5.41, 5.74) is 0.242.